The molecule has 16 heteroatoms. The predicted octanol–water partition coefficient (Wildman–Crippen LogP) is 5.53. The normalized spacial score (nSPS) is 17.5. The van der Waals surface area contributed by atoms with Gasteiger partial charge in [0.1, 0.15) is 0 Å². The molecule has 0 aromatic heterocycles. The van der Waals surface area contributed by atoms with Crippen LogP contribution in [0.15, 0.2) is 48.5 Å². The van der Waals surface area contributed by atoms with E-state index in [9.17, 15) is 44.7 Å². The highest BCUT2D eigenvalue weighted by Gasteiger charge is 2.85. The van der Waals surface area contributed by atoms with Crippen LogP contribution >= 0.6 is 23.2 Å². The third-order valence-electron chi connectivity index (χ3n) is 7.20. The zero-order chi connectivity index (χ0) is 31.1. The number of halogens is 10. The van der Waals surface area contributed by atoms with Crippen molar-refractivity contribution in [3.8, 4) is 0 Å². The quantitative estimate of drug-likeness (QED) is 0.371. The summed E-state index contributed by atoms with van der Waals surface area (Å²) in [7, 11) is 0. The maximum Gasteiger partial charge on any atom is 0.392 e. The van der Waals surface area contributed by atoms with Crippen molar-refractivity contribution in [2.75, 3.05) is 62.2 Å². The summed E-state index contributed by atoms with van der Waals surface area (Å²) in [4.78, 5) is 28.3. The van der Waals surface area contributed by atoms with Crippen molar-refractivity contribution in [3.05, 3.63) is 58.6 Å². The standard InChI is InChI=1S/C26H24Cl2F8N4O2/c27-17-3-1-5-19(15-17)37-7-11-39(12-8-37)21(41)23(29,30)25(33,34)26(35,36)24(31,32)22(42)40-13-9-38(10-14-40)20-6-2-4-18(28)16-20/h1-6,15-16H,7-14H2. The van der Waals surface area contributed by atoms with Crippen LogP contribution in [0, 0.1) is 0 Å². The lowest BCUT2D eigenvalue weighted by molar-refractivity contribution is -0.350. The lowest BCUT2D eigenvalue weighted by atomic mass is 9.96. The van der Waals surface area contributed by atoms with Gasteiger partial charge in [-0.25, -0.2) is 0 Å². The SMILES string of the molecule is O=C(N1CCN(c2cccc(Cl)c2)CC1)C(F)(F)C(F)(F)C(F)(F)C(F)(F)C(=O)N1CCN(c2cccc(Cl)c2)CC1. The van der Waals surface area contributed by atoms with Crippen LogP contribution in [0.4, 0.5) is 46.5 Å². The fraction of sp³-hybridized carbons (Fsp3) is 0.462. The number of piperazine rings is 2. The van der Waals surface area contributed by atoms with Crippen LogP contribution in [0.5, 0.6) is 0 Å². The predicted molar refractivity (Wildman–Crippen MR) is 140 cm³/mol. The third-order valence-corrected chi connectivity index (χ3v) is 7.67. The molecule has 2 aliphatic heterocycles. The number of carbonyl (C=O) groups is 2. The Morgan fingerprint density at radius 3 is 1.14 bits per heavy atom. The van der Waals surface area contributed by atoms with E-state index < -0.39 is 61.7 Å². The van der Waals surface area contributed by atoms with Gasteiger partial charge < -0.3 is 19.6 Å². The van der Waals surface area contributed by atoms with Crippen molar-refractivity contribution < 1.29 is 44.7 Å². The summed E-state index contributed by atoms with van der Waals surface area (Å²) in [6.45, 7) is -2.97. The summed E-state index contributed by atoms with van der Waals surface area (Å²) in [5.74, 6) is -31.9. The van der Waals surface area contributed by atoms with Crippen molar-refractivity contribution in [2.45, 2.75) is 23.7 Å². The second kappa shape index (κ2) is 11.6. The van der Waals surface area contributed by atoms with E-state index >= 15 is 0 Å². The first-order valence-corrected chi connectivity index (χ1v) is 13.4. The molecule has 0 spiro atoms. The smallest absolute Gasteiger partial charge is 0.368 e. The first-order valence-electron chi connectivity index (χ1n) is 12.6. The van der Waals surface area contributed by atoms with Crippen LogP contribution in [-0.2, 0) is 9.59 Å². The monoisotopic (exact) mass is 646 g/mol. The van der Waals surface area contributed by atoms with E-state index in [-0.39, 0.29) is 36.0 Å². The number of hydrogen-bond acceptors (Lipinski definition) is 4. The summed E-state index contributed by atoms with van der Waals surface area (Å²) < 4.78 is 118. The molecule has 2 heterocycles. The van der Waals surface area contributed by atoms with Crippen LogP contribution in [0.3, 0.4) is 0 Å². The number of rotatable bonds is 7. The van der Waals surface area contributed by atoms with Crippen LogP contribution < -0.4 is 9.80 Å². The van der Waals surface area contributed by atoms with Gasteiger partial charge in [0.05, 0.1) is 0 Å². The van der Waals surface area contributed by atoms with E-state index in [0.717, 1.165) is 0 Å². The number of benzene rings is 2. The minimum atomic E-state index is -6.91. The average Bonchev–Trinajstić information content (AvgIpc) is 2.96. The van der Waals surface area contributed by atoms with E-state index in [1.165, 1.54) is 12.1 Å². The molecule has 2 aromatic carbocycles. The van der Waals surface area contributed by atoms with Gasteiger partial charge in [0.25, 0.3) is 11.8 Å². The Hall–Kier alpha value is -3.00. The maximum atomic E-state index is 14.7. The number of anilines is 2. The van der Waals surface area contributed by atoms with Crippen molar-refractivity contribution in [2.24, 2.45) is 0 Å². The van der Waals surface area contributed by atoms with Crippen molar-refractivity contribution in [1.82, 2.24) is 9.80 Å². The molecule has 2 aliphatic rings. The minimum absolute atomic E-state index is 0.153. The Bertz CT molecular complexity index is 1220. The summed E-state index contributed by atoms with van der Waals surface area (Å²) in [6, 6.07) is 12.6. The fourth-order valence-electron chi connectivity index (χ4n) is 4.74. The number of hydrogen-bond donors (Lipinski definition) is 0. The second-order valence-electron chi connectivity index (χ2n) is 9.82. The van der Waals surface area contributed by atoms with Gasteiger partial charge >= 0.3 is 23.7 Å². The summed E-state index contributed by atoms with van der Waals surface area (Å²) in [6.07, 6.45) is 0. The molecule has 42 heavy (non-hydrogen) atoms. The number of alkyl halides is 8. The molecule has 2 saturated heterocycles. The first-order chi connectivity index (χ1) is 19.5. The highest BCUT2D eigenvalue weighted by molar-refractivity contribution is 6.31. The van der Waals surface area contributed by atoms with E-state index in [0.29, 0.717) is 21.4 Å². The van der Waals surface area contributed by atoms with E-state index in [4.69, 9.17) is 23.2 Å². The molecule has 6 nitrogen and oxygen atoms in total. The van der Waals surface area contributed by atoms with Gasteiger partial charge in [0.15, 0.2) is 0 Å². The van der Waals surface area contributed by atoms with Gasteiger partial charge in [0.2, 0.25) is 0 Å². The Morgan fingerprint density at radius 2 is 0.857 bits per heavy atom. The molecular weight excluding hydrogens is 623 g/mol. The Labute approximate surface area is 245 Å². The van der Waals surface area contributed by atoms with Crippen LogP contribution in [0.25, 0.3) is 0 Å². The maximum absolute atomic E-state index is 14.7. The van der Waals surface area contributed by atoms with Crippen LogP contribution in [0.2, 0.25) is 10.0 Å². The third kappa shape index (κ3) is 5.67. The second-order valence-corrected chi connectivity index (χ2v) is 10.7. The van der Waals surface area contributed by atoms with E-state index in [1.54, 1.807) is 46.2 Å². The molecule has 0 atom stereocenters. The van der Waals surface area contributed by atoms with Gasteiger partial charge in [-0.2, -0.15) is 35.1 Å². The van der Waals surface area contributed by atoms with Crippen LogP contribution in [0.1, 0.15) is 0 Å². The molecule has 2 fully saturated rings. The van der Waals surface area contributed by atoms with E-state index in [1.807, 2.05) is 0 Å². The molecule has 230 valence electrons. The lowest BCUT2D eigenvalue weighted by Gasteiger charge is -2.42. The van der Waals surface area contributed by atoms with Gasteiger partial charge in [-0.05, 0) is 36.4 Å². The molecular formula is C26H24Cl2F8N4O2. The molecule has 0 radical (unpaired) electrons. The topological polar surface area (TPSA) is 47.1 Å². The van der Waals surface area contributed by atoms with Gasteiger partial charge in [0, 0.05) is 73.8 Å². The summed E-state index contributed by atoms with van der Waals surface area (Å²) in [5.41, 5.74) is 1.06. The average molecular weight is 647 g/mol. The molecule has 2 aromatic rings. The Balaban J connectivity index is 1.44. The van der Waals surface area contributed by atoms with Crippen molar-refractivity contribution >= 4 is 46.4 Å². The molecule has 0 unspecified atom stereocenters. The Morgan fingerprint density at radius 1 is 0.548 bits per heavy atom. The van der Waals surface area contributed by atoms with Crippen molar-refractivity contribution in [1.29, 1.82) is 0 Å². The van der Waals surface area contributed by atoms with Gasteiger partial charge in [-0.1, -0.05) is 35.3 Å². The molecule has 0 saturated carbocycles. The fourth-order valence-corrected chi connectivity index (χ4v) is 5.11. The summed E-state index contributed by atoms with van der Waals surface area (Å²) in [5, 5.41) is 0.691. The minimum Gasteiger partial charge on any atom is -0.368 e. The zero-order valence-electron chi connectivity index (χ0n) is 21.7. The number of nitrogens with zero attached hydrogens (tertiary/aromatic N) is 4. The number of amides is 2. The summed E-state index contributed by atoms with van der Waals surface area (Å²) >= 11 is 11.8. The van der Waals surface area contributed by atoms with Gasteiger partial charge in [-0.15, -0.1) is 0 Å². The van der Waals surface area contributed by atoms with E-state index in [2.05, 4.69) is 0 Å². The zero-order valence-corrected chi connectivity index (χ0v) is 23.2. The van der Waals surface area contributed by atoms with Gasteiger partial charge in [-0.3, -0.25) is 9.59 Å². The highest BCUT2D eigenvalue weighted by Crippen LogP contribution is 2.53. The van der Waals surface area contributed by atoms with Crippen LogP contribution in [-0.4, -0.2) is 97.7 Å². The largest absolute Gasteiger partial charge is 0.392 e. The molecule has 0 aliphatic carbocycles. The number of carbonyl (C=O) groups excluding carboxylic acids is 2. The molecule has 4 rings (SSSR count). The first kappa shape index (κ1) is 31.9. The molecule has 2 amide bonds. The Kier molecular flexibility index (Phi) is 8.81. The molecule has 0 bridgehead atoms. The lowest BCUT2D eigenvalue weighted by Crippen LogP contribution is -2.70. The highest BCUT2D eigenvalue weighted by atomic mass is 35.5. The van der Waals surface area contributed by atoms with Crippen molar-refractivity contribution in [3.63, 3.8) is 0 Å². The molecule has 0 N–H and O–H groups in total.